The van der Waals surface area contributed by atoms with Crippen LogP contribution >= 0.6 is 0 Å². The number of piperidine rings is 1. The number of hydrogen-bond donors (Lipinski definition) is 2. The average Bonchev–Trinajstić information content (AvgIpc) is 2.36. The highest BCUT2D eigenvalue weighted by atomic mass is 16.3. The molecule has 1 aliphatic carbocycles. The Balaban J connectivity index is 1.87. The summed E-state index contributed by atoms with van der Waals surface area (Å²) < 4.78 is 0. The molecule has 1 saturated heterocycles. The molecular formula is C16H30N2O2. The van der Waals surface area contributed by atoms with Crippen LogP contribution in [-0.2, 0) is 4.79 Å². The third kappa shape index (κ3) is 4.19. The molecule has 1 heterocycles. The summed E-state index contributed by atoms with van der Waals surface area (Å²) in [7, 11) is 0. The number of carbonyl (C=O) groups excluding carboxylic acids is 1. The lowest BCUT2D eigenvalue weighted by atomic mass is 9.84. The number of aliphatic hydroxyl groups is 1. The second-order valence-corrected chi connectivity index (χ2v) is 6.69. The van der Waals surface area contributed by atoms with Crippen LogP contribution in [-0.4, -0.2) is 47.7 Å². The minimum absolute atomic E-state index is 0.212. The molecule has 0 spiro atoms. The summed E-state index contributed by atoms with van der Waals surface area (Å²) in [6, 6.07) is 0.352. The van der Waals surface area contributed by atoms with Crippen molar-refractivity contribution in [1.29, 1.82) is 0 Å². The summed E-state index contributed by atoms with van der Waals surface area (Å²) in [5, 5.41) is 13.5. The van der Waals surface area contributed by atoms with E-state index in [0.29, 0.717) is 12.5 Å². The highest BCUT2D eigenvalue weighted by molar-refractivity contribution is 5.76. The van der Waals surface area contributed by atoms with Gasteiger partial charge in [0.25, 0.3) is 0 Å². The summed E-state index contributed by atoms with van der Waals surface area (Å²) in [5.41, 5.74) is 0. The Morgan fingerprint density at radius 2 is 2.15 bits per heavy atom. The first-order valence-electron chi connectivity index (χ1n) is 8.29. The molecule has 0 aromatic carbocycles. The van der Waals surface area contributed by atoms with Crippen molar-refractivity contribution in [2.75, 3.05) is 19.6 Å². The van der Waals surface area contributed by atoms with Crippen molar-refractivity contribution in [3.8, 4) is 0 Å². The molecule has 0 bridgehead atoms. The Kier molecular flexibility index (Phi) is 5.85. The average molecular weight is 282 g/mol. The van der Waals surface area contributed by atoms with E-state index in [1.165, 1.54) is 19.3 Å². The van der Waals surface area contributed by atoms with Gasteiger partial charge < -0.3 is 15.3 Å². The molecule has 2 aliphatic rings. The molecule has 2 N–H and O–H groups in total. The third-order valence-corrected chi connectivity index (χ3v) is 4.90. The van der Waals surface area contributed by atoms with Crippen LogP contribution in [0.2, 0.25) is 0 Å². The van der Waals surface area contributed by atoms with Gasteiger partial charge in [-0.3, -0.25) is 4.79 Å². The number of rotatable bonds is 6. The van der Waals surface area contributed by atoms with Crippen molar-refractivity contribution in [1.82, 2.24) is 10.2 Å². The van der Waals surface area contributed by atoms with Gasteiger partial charge in [-0.1, -0.05) is 13.3 Å². The molecule has 4 nitrogen and oxygen atoms in total. The number of amides is 1. The van der Waals surface area contributed by atoms with E-state index in [2.05, 4.69) is 5.32 Å². The van der Waals surface area contributed by atoms with Crippen LogP contribution in [0, 0.1) is 11.8 Å². The number of nitrogens with one attached hydrogen (secondary N) is 1. The van der Waals surface area contributed by atoms with Crippen LogP contribution in [0.3, 0.4) is 0 Å². The standard InChI is InChI=1S/C16H30N2O2/c1-3-5-16(20)18-10-14(12(2)19)8-15(11-18)17-9-13-6-4-7-13/h12-15,17,19H,3-11H2,1-2H3. The summed E-state index contributed by atoms with van der Waals surface area (Å²) in [6.45, 7) is 6.50. The molecule has 116 valence electrons. The van der Waals surface area contributed by atoms with E-state index in [4.69, 9.17) is 0 Å². The fourth-order valence-electron chi connectivity index (χ4n) is 3.24. The number of likely N-dealkylation sites (tertiary alicyclic amines) is 1. The lowest BCUT2D eigenvalue weighted by Gasteiger charge is -2.40. The van der Waals surface area contributed by atoms with Gasteiger partial charge in [0.15, 0.2) is 0 Å². The summed E-state index contributed by atoms with van der Waals surface area (Å²) in [6.07, 6.45) is 6.24. The quantitative estimate of drug-likeness (QED) is 0.781. The monoisotopic (exact) mass is 282 g/mol. The van der Waals surface area contributed by atoms with E-state index >= 15 is 0 Å². The Hall–Kier alpha value is -0.610. The van der Waals surface area contributed by atoms with Gasteiger partial charge in [-0.05, 0) is 45.1 Å². The molecule has 3 unspecified atom stereocenters. The fraction of sp³-hybridized carbons (Fsp3) is 0.938. The van der Waals surface area contributed by atoms with Crippen LogP contribution in [0.15, 0.2) is 0 Å². The second kappa shape index (κ2) is 7.41. The first kappa shape index (κ1) is 15.8. The fourth-order valence-corrected chi connectivity index (χ4v) is 3.24. The number of hydrogen-bond acceptors (Lipinski definition) is 3. The van der Waals surface area contributed by atoms with E-state index in [-0.39, 0.29) is 17.9 Å². The number of aliphatic hydroxyl groups excluding tert-OH is 1. The van der Waals surface area contributed by atoms with Crippen molar-refractivity contribution in [3.05, 3.63) is 0 Å². The van der Waals surface area contributed by atoms with Gasteiger partial charge in [-0.25, -0.2) is 0 Å². The van der Waals surface area contributed by atoms with Gasteiger partial charge in [0.05, 0.1) is 6.10 Å². The van der Waals surface area contributed by atoms with Crippen molar-refractivity contribution in [2.24, 2.45) is 11.8 Å². The maximum atomic E-state index is 12.1. The smallest absolute Gasteiger partial charge is 0.222 e. The van der Waals surface area contributed by atoms with Crippen LogP contribution in [0.25, 0.3) is 0 Å². The molecule has 1 saturated carbocycles. The number of carbonyl (C=O) groups is 1. The maximum absolute atomic E-state index is 12.1. The molecule has 1 aliphatic heterocycles. The Bertz CT molecular complexity index is 316. The summed E-state index contributed by atoms with van der Waals surface area (Å²) in [4.78, 5) is 14.1. The normalized spacial score (nSPS) is 29.1. The highest BCUT2D eigenvalue weighted by Crippen LogP contribution is 2.26. The minimum atomic E-state index is -0.333. The van der Waals surface area contributed by atoms with Gasteiger partial charge in [-0.2, -0.15) is 0 Å². The predicted octanol–water partition coefficient (Wildman–Crippen LogP) is 1.77. The lowest BCUT2D eigenvalue weighted by Crippen LogP contribution is -2.54. The van der Waals surface area contributed by atoms with Crippen molar-refractivity contribution in [3.63, 3.8) is 0 Å². The van der Waals surface area contributed by atoms with Crippen molar-refractivity contribution in [2.45, 2.75) is 64.5 Å². The van der Waals surface area contributed by atoms with Crippen LogP contribution in [0.4, 0.5) is 0 Å². The topological polar surface area (TPSA) is 52.6 Å². The third-order valence-electron chi connectivity index (χ3n) is 4.90. The Labute approximate surface area is 122 Å². The molecule has 2 fully saturated rings. The van der Waals surface area contributed by atoms with Crippen molar-refractivity contribution < 1.29 is 9.90 Å². The molecule has 1 amide bonds. The van der Waals surface area contributed by atoms with Gasteiger partial charge in [0.1, 0.15) is 0 Å². The first-order valence-corrected chi connectivity index (χ1v) is 8.29. The van der Waals surface area contributed by atoms with Crippen LogP contribution < -0.4 is 5.32 Å². The molecular weight excluding hydrogens is 252 g/mol. The van der Waals surface area contributed by atoms with E-state index in [0.717, 1.165) is 38.4 Å². The highest BCUT2D eigenvalue weighted by Gasteiger charge is 2.32. The summed E-state index contributed by atoms with van der Waals surface area (Å²) >= 11 is 0. The molecule has 0 radical (unpaired) electrons. The Morgan fingerprint density at radius 1 is 1.40 bits per heavy atom. The molecule has 3 atom stereocenters. The lowest BCUT2D eigenvalue weighted by molar-refractivity contribution is -0.134. The molecule has 2 rings (SSSR count). The van der Waals surface area contributed by atoms with E-state index in [1.807, 2.05) is 18.7 Å². The van der Waals surface area contributed by atoms with Crippen LogP contribution in [0.5, 0.6) is 0 Å². The Morgan fingerprint density at radius 3 is 2.70 bits per heavy atom. The zero-order valence-electron chi connectivity index (χ0n) is 13.0. The zero-order valence-corrected chi connectivity index (χ0v) is 13.0. The van der Waals surface area contributed by atoms with Gasteiger partial charge in [-0.15, -0.1) is 0 Å². The van der Waals surface area contributed by atoms with Gasteiger partial charge in [0, 0.05) is 31.5 Å². The first-order chi connectivity index (χ1) is 9.60. The van der Waals surface area contributed by atoms with Gasteiger partial charge >= 0.3 is 0 Å². The predicted molar refractivity (Wildman–Crippen MR) is 80.4 cm³/mol. The molecule has 20 heavy (non-hydrogen) atoms. The number of nitrogens with zero attached hydrogens (tertiary/aromatic N) is 1. The molecule has 4 heteroatoms. The zero-order chi connectivity index (χ0) is 14.5. The van der Waals surface area contributed by atoms with E-state index < -0.39 is 0 Å². The second-order valence-electron chi connectivity index (χ2n) is 6.69. The molecule has 0 aromatic heterocycles. The van der Waals surface area contributed by atoms with E-state index in [9.17, 15) is 9.90 Å². The largest absolute Gasteiger partial charge is 0.393 e. The van der Waals surface area contributed by atoms with E-state index in [1.54, 1.807) is 0 Å². The maximum Gasteiger partial charge on any atom is 0.222 e. The van der Waals surface area contributed by atoms with Crippen LogP contribution in [0.1, 0.15) is 52.4 Å². The minimum Gasteiger partial charge on any atom is -0.393 e. The summed E-state index contributed by atoms with van der Waals surface area (Å²) in [5.74, 6) is 1.29. The van der Waals surface area contributed by atoms with Gasteiger partial charge in [0.2, 0.25) is 5.91 Å². The van der Waals surface area contributed by atoms with Crippen molar-refractivity contribution >= 4 is 5.91 Å². The molecule has 0 aromatic rings. The SMILES string of the molecule is CCCC(=O)N1CC(NCC2CCC2)CC(C(C)O)C1.